The molecule has 0 aliphatic carbocycles. The van der Waals surface area contributed by atoms with Gasteiger partial charge in [0.15, 0.2) is 11.5 Å². The molecule has 0 radical (unpaired) electrons. The van der Waals surface area contributed by atoms with Gasteiger partial charge in [-0.1, -0.05) is 6.08 Å². The molecule has 0 amide bonds. The van der Waals surface area contributed by atoms with Gasteiger partial charge in [-0.2, -0.15) is 5.10 Å². The number of hydrogen-bond donors (Lipinski definition) is 2. The summed E-state index contributed by atoms with van der Waals surface area (Å²) >= 11 is 1.48. The minimum absolute atomic E-state index is 0.170. The fraction of sp³-hybridized carbons (Fsp3) is 0.100. The molecule has 3 rings (SSSR count). The van der Waals surface area contributed by atoms with Crippen molar-refractivity contribution in [3.05, 3.63) is 70.9 Å². The second-order valence-electron chi connectivity index (χ2n) is 5.57. The number of phenols is 2. The molecule has 0 aliphatic rings. The molecule has 138 valence electrons. The summed E-state index contributed by atoms with van der Waals surface area (Å²) in [5.74, 6) is 0.414. The van der Waals surface area contributed by atoms with E-state index in [0.717, 1.165) is 21.8 Å². The lowest BCUT2D eigenvalue weighted by Crippen LogP contribution is -2.12. The van der Waals surface area contributed by atoms with Crippen molar-refractivity contribution in [2.45, 2.75) is 0 Å². The molecule has 6 nitrogen and oxygen atoms in total. The first kappa shape index (κ1) is 18.5. The molecule has 1 heterocycles. The van der Waals surface area contributed by atoms with E-state index in [4.69, 9.17) is 4.74 Å². The van der Waals surface area contributed by atoms with Gasteiger partial charge in [-0.25, -0.2) is 4.68 Å². The highest BCUT2D eigenvalue weighted by molar-refractivity contribution is 7.07. The second-order valence-corrected chi connectivity index (χ2v) is 6.40. The van der Waals surface area contributed by atoms with Crippen LogP contribution in [0.25, 0.3) is 11.3 Å². The van der Waals surface area contributed by atoms with Gasteiger partial charge in [0.1, 0.15) is 5.75 Å². The van der Waals surface area contributed by atoms with Crippen molar-refractivity contribution in [1.82, 2.24) is 4.68 Å². The number of rotatable bonds is 6. The highest BCUT2D eigenvalue weighted by Crippen LogP contribution is 2.25. The summed E-state index contributed by atoms with van der Waals surface area (Å²) in [5.41, 5.74) is 2.50. The quantitative estimate of drug-likeness (QED) is 0.389. The smallest absolute Gasteiger partial charge is 0.206 e. The Morgan fingerprint density at radius 2 is 1.93 bits per heavy atom. The molecule has 0 fully saturated rings. The molecule has 7 heteroatoms. The molecule has 27 heavy (non-hydrogen) atoms. The standard InChI is InChI=1S/C20H19N3O3S/c1-3-10-21-20-23(22-12-14-4-9-18(24)19(25)11-14)17(13-27-20)15-5-7-16(26-2)8-6-15/h3-9,11-13,24-25H,1,10H2,2H3. The van der Waals surface area contributed by atoms with Crippen LogP contribution >= 0.6 is 11.3 Å². The van der Waals surface area contributed by atoms with E-state index in [1.54, 1.807) is 30.1 Å². The maximum absolute atomic E-state index is 9.65. The van der Waals surface area contributed by atoms with Crippen LogP contribution in [0.3, 0.4) is 0 Å². The number of thiazole rings is 1. The Bertz CT molecular complexity index is 1030. The predicted octanol–water partition coefficient (Wildman–Crippen LogP) is 3.61. The van der Waals surface area contributed by atoms with E-state index in [9.17, 15) is 10.2 Å². The fourth-order valence-corrected chi connectivity index (χ4v) is 3.21. The van der Waals surface area contributed by atoms with Crippen molar-refractivity contribution in [3.8, 4) is 28.5 Å². The summed E-state index contributed by atoms with van der Waals surface area (Å²) in [6, 6.07) is 12.2. The van der Waals surface area contributed by atoms with Crippen LogP contribution in [0, 0.1) is 0 Å². The molecule has 0 spiro atoms. The average molecular weight is 381 g/mol. The van der Waals surface area contributed by atoms with Gasteiger partial charge in [-0.15, -0.1) is 17.9 Å². The number of aromatic hydroxyl groups is 2. The van der Waals surface area contributed by atoms with Crippen LogP contribution in [0.15, 0.2) is 70.6 Å². The molecular formula is C20H19N3O3S. The van der Waals surface area contributed by atoms with E-state index in [-0.39, 0.29) is 11.5 Å². The topological polar surface area (TPSA) is 79.3 Å². The zero-order valence-electron chi connectivity index (χ0n) is 14.7. The number of nitrogens with zero attached hydrogens (tertiary/aromatic N) is 3. The van der Waals surface area contributed by atoms with Crippen LogP contribution in [0.2, 0.25) is 0 Å². The van der Waals surface area contributed by atoms with Crippen molar-refractivity contribution in [3.63, 3.8) is 0 Å². The highest BCUT2D eigenvalue weighted by atomic mass is 32.1. The lowest BCUT2D eigenvalue weighted by molar-refractivity contribution is 0.403. The Kier molecular flexibility index (Phi) is 5.73. The Labute approximate surface area is 160 Å². The largest absolute Gasteiger partial charge is 0.504 e. The predicted molar refractivity (Wildman–Crippen MR) is 108 cm³/mol. The molecule has 2 N–H and O–H groups in total. The van der Waals surface area contributed by atoms with E-state index >= 15 is 0 Å². The first-order chi connectivity index (χ1) is 13.1. The summed E-state index contributed by atoms with van der Waals surface area (Å²) < 4.78 is 6.95. The number of benzene rings is 2. The van der Waals surface area contributed by atoms with Gasteiger partial charge in [0.05, 0.1) is 25.6 Å². The van der Waals surface area contributed by atoms with Crippen LogP contribution in [0.5, 0.6) is 17.2 Å². The summed E-state index contributed by atoms with van der Waals surface area (Å²) in [5, 5.41) is 25.6. The normalized spacial score (nSPS) is 11.8. The van der Waals surface area contributed by atoms with Gasteiger partial charge >= 0.3 is 0 Å². The Morgan fingerprint density at radius 1 is 1.15 bits per heavy atom. The summed E-state index contributed by atoms with van der Waals surface area (Å²) in [6.07, 6.45) is 3.32. The van der Waals surface area contributed by atoms with Crippen molar-refractivity contribution < 1.29 is 14.9 Å². The Balaban J connectivity index is 2.04. The number of ether oxygens (including phenoxy) is 1. The van der Waals surface area contributed by atoms with Crippen LogP contribution in [-0.2, 0) is 0 Å². The first-order valence-electron chi connectivity index (χ1n) is 8.15. The number of methoxy groups -OCH3 is 1. The van der Waals surface area contributed by atoms with E-state index in [0.29, 0.717) is 12.1 Å². The molecule has 0 atom stereocenters. The zero-order chi connectivity index (χ0) is 19.2. The van der Waals surface area contributed by atoms with Gasteiger partial charge in [-0.05, 0) is 48.0 Å². The molecule has 0 saturated heterocycles. The molecule has 3 aromatic rings. The van der Waals surface area contributed by atoms with E-state index < -0.39 is 0 Å². The maximum atomic E-state index is 9.65. The zero-order valence-corrected chi connectivity index (χ0v) is 15.6. The number of aromatic nitrogens is 1. The van der Waals surface area contributed by atoms with Gasteiger partial charge in [-0.3, -0.25) is 4.99 Å². The molecular weight excluding hydrogens is 362 g/mol. The minimum atomic E-state index is -0.193. The maximum Gasteiger partial charge on any atom is 0.206 e. The fourth-order valence-electron chi connectivity index (χ4n) is 2.37. The number of hydrogen-bond acceptors (Lipinski definition) is 6. The lowest BCUT2D eigenvalue weighted by Gasteiger charge is -2.05. The van der Waals surface area contributed by atoms with Crippen LogP contribution in [-0.4, -0.2) is 34.8 Å². The van der Waals surface area contributed by atoms with Crippen molar-refractivity contribution >= 4 is 17.6 Å². The summed E-state index contributed by atoms with van der Waals surface area (Å²) in [7, 11) is 1.63. The molecule has 0 aliphatic heterocycles. The van der Waals surface area contributed by atoms with Gasteiger partial charge < -0.3 is 14.9 Å². The first-order valence-corrected chi connectivity index (χ1v) is 9.03. The SMILES string of the molecule is C=CCN=c1scc(-c2ccc(OC)cc2)n1N=Cc1ccc(O)c(O)c1. The van der Waals surface area contributed by atoms with E-state index in [1.807, 2.05) is 29.6 Å². The molecule has 0 unspecified atom stereocenters. The molecule has 1 aromatic heterocycles. The highest BCUT2D eigenvalue weighted by Gasteiger charge is 2.08. The van der Waals surface area contributed by atoms with Gasteiger partial charge in [0.2, 0.25) is 4.80 Å². The van der Waals surface area contributed by atoms with Crippen molar-refractivity contribution in [2.75, 3.05) is 13.7 Å². The van der Waals surface area contributed by atoms with Gasteiger partial charge in [0.25, 0.3) is 0 Å². The van der Waals surface area contributed by atoms with Crippen molar-refractivity contribution in [1.29, 1.82) is 0 Å². The van der Waals surface area contributed by atoms with Gasteiger partial charge in [0, 0.05) is 10.9 Å². The third-order valence-corrected chi connectivity index (χ3v) is 4.60. The minimum Gasteiger partial charge on any atom is -0.504 e. The second kappa shape index (κ2) is 8.37. The lowest BCUT2D eigenvalue weighted by atomic mass is 10.2. The Morgan fingerprint density at radius 3 is 2.59 bits per heavy atom. The summed E-state index contributed by atoms with van der Waals surface area (Å²) in [6.45, 7) is 4.18. The third kappa shape index (κ3) is 4.27. The van der Waals surface area contributed by atoms with Crippen LogP contribution in [0.4, 0.5) is 0 Å². The molecule has 0 saturated carbocycles. The van der Waals surface area contributed by atoms with Crippen LogP contribution in [0.1, 0.15) is 5.56 Å². The molecule has 2 aromatic carbocycles. The number of phenolic OH excluding ortho intramolecular Hbond substituents is 2. The Hall–Kier alpha value is -3.32. The van der Waals surface area contributed by atoms with Crippen molar-refractivity contribution in [2.24, 2.45) is 10.1 Å². The monoisotopic (exact) mass is 381 g/mol. The third-order valence-electron chi connectivity index (χ3n) is 3.75. The average Bonchev–Trinajstić information content (AvgIpc) is 3.10. The molecule has 0 bridgehead atoms. The van der Waals surface area contributed by atoms with E-state index in [2.05, 4.69) is 16.7 Å². The van der Waals surface area contributed by atoms with E-state index in [1.165, 1.54) is 23.5 Å². The summed E-state index contributed by atoms with van der Waals surface area (Å²) in [4.78, 5) is 5.21. The van der Waals surface area contributed by atoms with Crippen LogP contribution < -0.4 is 9.54 Å².